The average Bonchev–Trinajstić information content (AvgIpc) is 2.58. The second-order valence-electron chi connectivity index (χ2n) is 7.83. The molecule has 0 aliphatic rings. The lowest BCUT2D eigenvalue weighted by Crippen LogP contribution is -2.29. The Balaban J connectivity index is 2.64. The van der Waals surface area contributed by atoms with Crippen LogP contribution in [0.5, 0.6) is 0 Å². The first-order chi connectivity index (χ1) is 12.5. The van der Waals surface area contributed by atoms with E-state index in [4.69, 9.17) is 26.1 Å². The van der Waals surface area contributed by atoms with Crippen LogP contribution in [0.15, 0.2) is 18.2 Å². The van der Waals surface area contributed by atoms with Gasteiger partial charge in [0.2, 0.25) is 0 Å². The minimum Gasteiger partial charge on any atom is -0.467 e. The molecule has 1 atom stereocenters. The number of hydrogen-bond acceptors (Lipinski definition) is 4. The number of carbonyl (C=O) groups is 1. The number of benzene rings is 1. The van der Waals surface area contributed by atoms with Gasteiger partial charge < -0.3 is 9.47 Å². The molecule has 4 nitrogen and oxygen atoms in total. The van der Waals surface area contributed by atoms with Gasteiger partial charge in [-0.2, -0.15) is 0 Å². The molecule has 146 valence electrons. The van der Waals surface area contributed by atoms with E-state index in [1.807, 2.05) is 40.7 Å². The summed E-state index contributed by atoms with van der Waals surface area (Å²) in [7, 11) is 1.34. The summed E-state index contributed by atoms with van der Waals surface area (Å²) < 4.78 is 10.9. The van der Waals surface area contributed by atoms with Gasteiger partial charge in [-0.3, -0.25) is 4.98 Å². The standard InChI is InChI=1S/C22H28ClNO3/c1-12-9-10-16(11-13(12)2)19-14(3)18(23)17(15(4)24-19)20(21(25)26-8)27-22(5,6)7/h9-11,20H,1-8H3/t20-/m0/s1. The van der Waals surface area contributed by atoms with Gasteiger partial charge >= 0.3 is 5.97 Å². The topological polar surface area (TPSA) is 48.4 Å². The summed E-state index contributed by atoms with van der Waals surface area (Å²) in [5, 5.41) is 0.482. The predicted molar refractivity (Wildman–Crippen MR) is 109 cm³/mol. The fourth-order valence-electron chi connectivity index (χ4n) is 2.94. The van der Waals surface area contributed by atoms with Crippen molar-refractivity contribution in [3.8, 4) is 11.3 Å². The van der Waals surface area contributed by atoms with Crippen molar-refractivity contribution in [1.29, 1.82) is 0 Å². The van der Waals surface area contributed by atoms with Gasteiger partial charge in [0.15, 0.2) is 6.10 Å². The summed E-state index contributed by atoms with van der Waals surface area (Å²) in [5.74, 6) is -0.491. The SMILES string of the molecule is COC(=O)[C@@H](OC(C)(C)C)c1c(C)nc(-c2ccc(C)c(C)c2)c(C)c1Cl. The Morgan fingerprint density at radius 3 is 2.26 bits per heavy atom. The molecule has 1 aromatic heterocycles. The summed E-state index contributed by atoms with van der Waals surface area (Å²) in [5.41, 5.74) is 5.70. The van der Waals surface area contributed by atoms with Gasteiger partial charge in [0, 0.05) is 16.8 Å². The maximum Gasteiger partial charge on any atom is 0.339 e. The van der Waals surface area contributed by atoms with E-state index in [2.05, 4.69) is 26.0 Å². The van der Waals surface area contributed by atoms with E-state index in [-0.39, 0.29) is 0 Å². The lowest BCUT2D eigenvalue weighted by molar-refractivity contribution is -0.164. The maximum atomic E-state index is 12.4. The summed E-state index contributed by atoms with van der Waals surface area (Å²) >= 11 is 6.72. The van der Waals surface area contributed by atoms with Crippen LogP contribution in [0.2, 0.25) is 5.02 Å². The third-order valence-electron chi connectivity index (χ3n) is 4.52. The van der Waals surface area contributed by atoms with Crippen molar-refractivity contribution in [2.24, 2.45) is 0 Å². The number of nitrogens with zero attached hydrogens (tertiary/aromatic N) is 1. The van der Waals surface area contributed by atoms with Gasteiger partial charge in [-0.25, -0.2) is 4.79 Å². The molecule has 0 saturated heterocycles. The number of ether oxygens (including phenoxy) is 2. The van der Waals surface area contributed by atoms with Crippen LogP contribution in [0.3, 0.4) is 0 Å². The molecule has 0 bridgehead atoms. The molecule has 27 heavy (non-hydrogen) atoms. The van der Waals surface area contributed by atoms with Crippen molar-refractivity contribution in [2.45, 2.75) is 60.2 Å². The number of methoxy groups -OCH3 is 1. The van der Waals surface area contributed by atoms with E-state index < -0.39 is 17.7 Å². The zero-order valence-corrected chi connectivity index (χ0v) is 18.1. The molecule has 5 heteroatoms. The Morgan fingerprint density at radius 2 is 1.74 bits per heavy atom. The molecule has 2 rings (SSSR count). The second-order valence-corrected chi connectivity index (χ2v) is 8.21. The van der Waals surface area contributed by atoms with Crippen LogP contribution in [-0.2, 0) is 14.3 Å². The van der Waals surface area contributed by atoms with Crippen molar-refractivity contribution in [2.75, 3.05) is 7.11 Å². The maximum absolute atomic E-state index is 12.4. The lowest BCUT2D eigenvalue weighted by Gasteiger charge is -2.28. The Labute approximate surface area is 166 Å². The monoisotopic (exact) mass is 389 g/mol. The first kappa shape index (κ1) is 21.4. The highest BCUT2D eigenvalue weighted by atomic mass is 35.5. The van der Waals surface area contributed by atoms with E-state index in [1.54, 1.807) is 0 Å². The number of aromatic nitrogens is 1. The normalized spacial score (nSPS) is 12.8. The Bertz CT molecular complexity index is 869. The molecular formula is C22H28ClNO3. The van der Waals surface area contributed by atoms with Gasteiger partial charge in [0.05, 0.1) is 23.4 Å². The van der Waals surface area contributed by atoms with E-state index in [0.717, 1.165) is 16.8 Å². The summed E-state index contributed by atoms with van der Waals surface area (Å²) in [6.45, 7) is 13.6. The van der Waals surface area contributed by atoms with E-state index in [1.165, 1.54) is 18.2 Å². The molecule has 0 unspecified atom stereocenters. The molecule has 0 aliphatic carbocycles. The number of hydrogen-bond donors (Lipinski definition) is 0. The number of pyridine rings is 1. The Hall–Kier alpha value is -1.91. The van der Waals surface area contributed by atoms with Crippen LogP contribution in [0.1, 0.15) is 54.8 Å². The quantitative estimate of drug-likeness (QED) is 0.632. The number of esters is 1. The van der Waals surface area contributed by atoms with Gasteiger partial charge in [0.25, 0.3) is 0 Å². The molecule has 2 aromatic rings. The molecule has 0 aliphatic heterocycles. The summed E-state index contributed by atoms with van der Waals surface area (Å²) in [4.78, 5) is 17.2. The molecule has 0 fully saturated rings. The van der Waals surface area contributed by atoms with Crippen molar-refractivity contribution in [3.63, 3.8) is 0 Å². The molecular weight excluding hydrogens is 362 g/mol. The number of aryl methyl sites for hydroxylation is 3. The van der Waals surface area contributed by atoms with E-state index in [9.17, 15) is 4.79 Å². The predicted octanol–water partition coefficient (Wildman–Crippen LogP) is 5.66. The van der Waals surface area contributed by atoms with Crippen LogP contribution >= 0.6 is 11.6 Å². The highest BCUT2D eigenvalue weighted by Gasteiger charge is 2.32. The Kier molecular flexibility index (Phi) is 6.33. The minimum absolute atomic E-state index is 0.482. The van der Waals surface area contributed by atoms with Crippen molar-refractivity contribution in [1.82, 2.24) is 4.98 Å². The van der Waals surface area contributed by atoms with Crippen LogP contribution in [0.4, 0.5) is 0 Å². The minimum atomic E-state index is -0.928. The van der Waals surface area contributed by atoms with Crippen LogP contribution in [0, 0.1) is 27.7 Å². The highest BCUT2D eigenvalue weighted by molar-refractivity contribution is 6.32. The number of halogens is 1. The fraction of sp³-hybridized carbons (Fsp3) is 0.455. The van der Waals surface area contributed by atoms with Crippen LogP contribution < -0.4 is 0 Å². The molecule has 0 N–H and O–H groups in total. The second kappa shape index (κ2) is 7.99. The van der Waals surface area contributed by atoms with Gasteiger partial charge in [-0.1, -0.05) is 23.7 Å². The van der Waals surface area contributed by atoms with Crippen molar-refractivity contribution in [3.05, 3.63) is 51.2 Å². The Morgan fingerprint density at radius 1 is 1.11 bits per heavy atom. The van der Waals surface area contributed by atoms with Crippen molar-refractivity contribution >= 4 is 17.6 Å². The van der Waals surface area contributed by atoms with E-state index >= 15 is 0 Å². The molecule has 0 radical (unpaired) electrons. The largest absolute Gasteiger partial charge is 0.467 e. The van der Waals surface area contributed by atoms with E-state index in [0.29, 0.717) is 16.3 Å². The van der Waals surface area contributed by atoms with Crippen LogP contribution in [-0.4, -0.2) is 23.7 Å². The van der Waals surface area contributed by atoms with Crippen LogP contribution in [0.25, 0.3) is 11.3 Å². The summed E-state index contributed by atoms with van der Waals surface area (Å²) in [6, 6.07) is 6.21. The molecule has 1 heterocycles. The zero-order chi connectivity index (χ0) is 20.5. The first-order valence-electron chi connectivity index (χ1n) is 8.96. The number of carbonyl (C=O) groups excluding carboxylic acids is 1. The molecule has 0 amide bonds. The zero-order valence-electron chi connectivity index (χ0n) is 17.4. The average molecular weight is 390 g/mol. The molecule has 0 saturated carbocycles. The third kappa shape index (κ3) is 4.69. The van der Waals surface area contributed by atoms with Crippen molar-refractivity contribution < 1.29 is 14.3 Å². The highest BCUT2D eigenvalue weighted by Crippen LogP contribution is 2.38. The lowest BCUT2D eigenvalue weighted by atomic mass is 9.97. The van der Waals surface area contributed by atoms with Gasteiger partial charge in [-0.05, 0) is 71.2 Å². The third-order valence-corrected chi connectivity index (χ3v) is 5.01. The number of rotatable bonds is 4. The smallest absolute Gasteiger partial charge is 0.339 e. The molecule has 0 spiro atoms. The van der Waals surface area contributed by atoms with Gasteiger partial charge in [-0.15, -0.1) is 0 Å². The molecule has 1 aromatic carbocycles. The van der Waals surface area contributed by atoms with Gasteiger partial charge in [0.1, 0.15) is 0 Å². The fourth-order valence-corrected chi connectivity index (χ4v) is 3.26. The summed E-state index contributed by atoms with van der Waals surface area (Å²) in [6.07, 6.45) is -0.928. The first-order valence-corrected chi connectivity index (χ1v) is 9.34.